The maximum Gasteiger partial charge on any atom is 0.247 e. The van der Waals surface area contributed by atoms with Crippen molar-refractivity contribution in [3.63, 3.8) is 0 Å². The molecule has 1 aliphatic heterocycles. The summed E-state index contributed by atoms with van der Waals surface area (Å²) in [5.41, 5.74) is 1.87. The summed E-state index contributed by atoms with van der Waals surface area (Å²) in [6.45, 7) is 2.57. The summed E-state index contributed by atoms with van der Waals surface area (Å²) in [7, 11) is 1.63. The van der Waals surface area contributed by atoms with Gasteiger partial charge in [-0.2, -0.15) is 0 Å². The minimum Gasteiger partial charge on any atom is -0.497 e. The van der Waals surface area contributed by atoms with Gasteiger partial charge in [-0.15, -0.1) is 0 Å². The summed E-state index contributed by atoms with van der Waals surface area (Å²) in [6.07, 6.45) is 9.02. The lowest BCUT2D eigenvalue weighted by Gasteiger charge is -2.28. The van der Waals surface area contributed by atoms with E-state index in [1.54, 1.807) is 18.1 Å². The highest BCUT2D eigenvalue weighted by Crippen LogP contribution is 2.23. The fourth-order valence-electron chi connectivity index (χ4n) is 4.05. The Balaban J connectivity index is 1.64. The van der Waals surface area contributed by atoms with Crippen molar-refractivity contribution in [2.75, 3.05) is 13.7 Å². The molecule has 1 aromatic carbocycles. The monoisotopic (exact) mass is 370 g/mol. The summed E-state index contributed by atoms with van der Waals surface area (Å²) in [5.74, 6) is 0.727. The van der Waals surface area contributed by atoms with Crippen molar-refractivity contribution in [2.45, 2.75) is 64.0 Å². The first-order valence-electron chi connectivity index (χ1n) is 10.0. The van der Waals surface area contributed by atoms with Crippen molar-refractivity contribution in [3.8, 4) is 5.75 Å². The largest absolute Gasteiger partial charge is 0.497 e. The average molecular weight is 370 g/mol. The number of likely N-dealkylation sites (tertiary alicyclic amines) is 1. The highest BCUT2D eigenvalue weighted by atomic mass is 16.5. The van der Waals surface area contributed by atoms with Crippen LogP contribution in [0.15, 0.2) is 30.3 Å². The second-order valence-corrected chi connectivity index (χ2v) is 7.59. The van der Waals surface area contributed by atoms with E-state index in [0.717, 1.165) is 42.6 Å². The van der Waals surface area contributed by atoms with E-state index in [9.17, 15) is 9.59 Å². The fraction of sp³-hybridized carbons (Fsp3) is 0.545. The van der Waals surface area contributed by atoms with Crippen molar-refractivity contribution >= 4 is 17.4 Å². The van der Waals surface area contributed by atoms with Gasteiger partial charge >= 0.3 is 0 Å². The number of carbonyl (C=O) groups excluding carboxylic acids is 2. The van der Waals surface area contributed by atoms with Crippen LogP contribution < -0.4 is 10.1 Å². The number of amides is 2. The van der Waals surface area contributed by atoms with Crippen molar-refractivity contribution in [3.05, 3.63) is 35.9 Å². The molecule has 1 aliphatic carbocycles. The summed E-state index contributed by atoms with van der Waals surface area (Å²) in [5, 5.41) is 3.18. The number of ether oxygens (including phenoxy) is 1. The standard InChI is InChI=1S/C22H30N2O3/c1-16(17-10-12-19(27-2)13-11-17)15-21(25)24-14-6-9-20(24)22(26)23-18-7-4-3-5-8-18/h10-13,15,18,20H,3-9,14H2,1-2H3,(H,23,26)/b16-15+/t20-/m0/s1. The number of methoxy groups -OCH3 is 1. The van der Waals surface area contributed by atoms with E-state index in [4.69, 9.17) is 4.74 Å². The minimum atomic E-state index is -0.334. The Morgan fingerprint density at radius 3 is 2.44 bits per heavy atom. The van der Waals surface area contributed by atoms with Crippen LogP contribution in [0.1, 0.15) is 57.4 Å². The molecule has 2 aliphatic rings. The second kappa shape index (κ2) is 9.07. The molecule has 1 N–H and O–H groups in total. The number of hydrogen-bond donors (Lipinski definition) is 1. The molecule has 1 heterocycles. The zero-order chi connectivity index (χ0) is 19.2. The first-order valence-corrected chi connectivity index (χ1v) is 10.0. The minimum absolute atomic E-state index is 0.0169. The highest BCUT2D eigenvalue weighted by Gasteiger charge is 2.34. The van der Waals surface area contributed by atoms with Gasteiger partial charge in [-0.3, -0.25) is 9.59 Å². The van der Waals surface area contributed by atoms with E-state index in [1.165, 1.54) is 19.3 Å². The fourth-order valence-corrected chi connectivity index (χ4v) is 4.05. The van der Waals surface area contributed by atoms with Gasteiger partial charge < -0.3 is 15.0 Å². The Labute approximate surface area is 161 Å². The quantitative estimate of drug-likeness (QED) is 0.807. The Kier molecular flexibility index (Phi) is 6.54. The van der Waals surface area contributed by atoms with E-state index < -0.39 is 0 Å². The van der Waals surface area contributed by atoms with Gasteiger partial charge in [-0.05, 0) is 55.9 Å². The second-order valence-electron chi connectivity index (χ2n) is 7.59. The van der Waals surface area contributed by atoms with Crippen LogP contribution in [0.4, 0.5) is 0 Å². The van der Waals surface area contributed by atoms with E-state index in [2.05, 4.69) is 5.32 Å². The molecule has 3 rings (SSSR count). The molecular weight excluding hydrogens is 340 g/mol. The summed E-state index contributed by atoms with van der Waals surface area (Å²) in [4.78, 5) is 27.2. The SMILES string of the molecule is COc1ccc(/C(C)=C/C(=O)N2CCC[C@H]2C(=O)NC2CCCCC2)cc1. The molecule has 27 heavy (non-hydrogen) atoms. The number of hydrogen-bond acceptors (Lipinski definition) is 3. The van der Waals surface area contributed by atoms with Crippen LogP contribution in [0.5, 0.6) is 5.75 Å². The van der Waals surface area contributed by atoms with Gasteiger partial charge in [-0.1, -0.05) is 31.4 Å². The van der Waals surface area contributed by atoms with E-state index in [0.29, 0.717) is 6.54 Å². The van der Waals surface area contributed by atoms with Gasteiger partial charge in [0.25, 0.3) is 0 Å². The number of allylic oxidation sites excluding steroid dienone is 1. The molecule has 0 aromatic heterocycles. The van der Waals surface area contributed by atoms with Crippen LogP contribution in [-0.4, -0.2) is 42.5 Å². The summed E-state index contributed by atoms with van der Waals surface area (Å²) in [6, 6.07) is 7.59. The first-order chi connectivity index (χ1) is 13.1. The summed E-state index contributed by atoms with van der Waals surface area (Å²) < 4.78 is 5.17. The van der Waals surface area contributed by atoms with Crippen molar-refractivity contribution in [1.82, 2.24) is 10.2 Å². The molecule has 1 saturated carbocycles. The predicted octanol–water partition coefficient (Wildman–Crippen LogP) is 3.54. The number of nitrogens with one attached hydrogen (secondary N) is 1. The van der Waals surface area contributed by atoms with Gasteiger partial charge in [0, 0.05) is 18.7 Å². The Morgan fingerprint density at radius 2 is 1.78 bits per heavy atom. The number of benzene rings is 1. The van der Waals surface area contributed by atoms with Crippen molar-refractivity contribution < 1.29 is 14.3 Å². The molecule has 0 unspecified atom stereocenters. The van der Waals surface area contributed by atoms with E-state index in [-0.39, 0.29) is 23.9 Å². The van der Waals surface area contributed by atoms with Gasteiger partial charge in [0.1, 0.15) is 11.8 Å². The predicted molar refractivity (Wildman–Crippen MR) is 106 cm³/mol. The molecule has 0 bridgehead atoms. The van der Waals surface area contributed by atoms with E-state index in [1.807, 2.05) is 31.2 Å². The van der Waals surface area contributed by atoms with Gasteiger partial charge in [0.05, 0.1) is 7.11 Å². The van der Waals surface area contributed by atoms with Crippen LogP contribution in [-0.2, 0) is 9.59 Å². The van der Waals surface area contributed by atoms with E-state index >= 15 is 0 Å². The lowest BCUT2D eigenvalue weighted by molar-refractivity contribution is -0.135. The maximum absolute atomic E-state index is 12.8. The Hall–Kier alpha value is -2.30. The molecule has 1 saturated heterocycles. The highest BCUT2D eigenvalue weighted by molar-refractivity contribution is 5.98. The number of carbonyl (C=O) groups is 2. The number of rotatable bonds is 5. The molecular formula is C22H30N2O3. The third kappa shape index (κ3) is 4.90. The molecule has 1 atom stereocenters. The molecule has 2 amide bonds. The average Bonchev–Trinajstić information content (AvgIpc) is 3.19. The van der Waals surface area contributed by atoms with Crippen LogP contribution in [0, 0.1) is 0 Å². The van der Waals surface area contributed by atoms with Crippen LogP contribution in [0.2, 0.25) is 0 Å². The summed E-state index contributed by atoms with van der Waals surface area (Å²) >= 11 is 0. The van der Waals surface area contributed by atoms with Crippen molar-refractivity contribution in [2.24, 2.45) is 0 Å². The lowest BCUT2D eigenvalue weighted by Crippen LogP contribution is -2.48. The van der Waals surface area contributed by atoms with Crippen molar-refractivity contribution in [1.29, 1.82) is 0 Å². The smallest absolute Gasteiger partial charge is 0.247 e. The molecule has 1 aromatic rings. The molecule has 5 nitrogen and oxygen atoms in total. The topological polar surface area (TPSA) is 58.6 Å². The zero-order valence-electron chi connectivity index (χ0n) is 16.4. The lowest BCUT2D eigenvalue weighted by atomic mass is 9.95. The zero-order valence-corrected chi connectivity index (χ0v) is 16.4. The molecule has 0 radical (unpaired) electrons. The molecule has 0 spiro atoms. The van der Waals surface area contributed by atoms with Crippen LogP contribution in [0.25, 0.3) is 5.57 Å². The Bertz CT molecular complexity index is 690. The third-order valence-corrected chi connectivity index (χ3v) is 5.68. The molecule has 5 heteroatoms. The third-order valence-electron chi connectivity index (χ3n) is 5.68. The maximum atomic E-state index is 12.8. The van der Waals surface area contributed by atoms with Crippen LogP contribution in [0.3, 0.4) is 0 Å². The van der Waals surface area contributed by atoms with Crippen LogP contribution >= 0.6 is 0 Å². The molecule has 2 fully saturated rings. The Morgan fingerprint density at radius 1 is 1.07 bits per heavy atom. The van der Waals surface area contributed by atoms with Gasteiger partial charge in [-0.25, -0.2) is 0 Å². The normalized spacial score (nSPS) is 21.2. The first kappa shape index (κ1) is 19.5. The van der Waals surface area contributed by atoms with Gasteiger partial charge in [0.2, 0.25) is 11.8 Å². The van der Waals surface area contributed by atoms with Gasteiger partial charge in [0.15, 0.2) is 0 Å². The molecule has 146 valence electrons. The number of nitrogens with zero attached hydrogens (tertiary/aromatic N) is 1.